The second kappa shape index (κ2) is 26.6. The number of nitrogens with zero attached hydrogens (tertiary/aromatic N) is 6. The van der Waals surface area contributed by atoms with Gasteiger partial charge in [-0.2, -0.15) is 0 Å². The highest BCUT2D eigenvalue weighted by Crippen LogP contribution is 2.50. The Morgan fingerprint density at radius 2 is 0.422 bits per heavy atom. The van der Waals surface area contributed by atoms with Gasteiger partial charge in [-0.1, -0.05) is 254 Å². The Morgan fingerprint density at radius 1 is 0.202 bits per heavy atom. The fourth-order valence-electron chi connectivity index (χ4n) is 18.2. The number of halogens is 1. The predicted molar refractivity (Wildman–Crippen MR) is 469 cm³/mol. The zero-order chi connectivity index (χ0) is 71.6. The van der Waals surface area contributed by atoms with E-state index < -0.39 is 7.14 Å². The van der Waals surface area contributed by atoms with Crippen molar-refractivity contribution in [3.8, 4) is 0 Å². The molecule has 0 spiro atoms. The van der Waals surface area contributed by atoms with Gasteiger partial charge in [-0.25, -0.2) is 0 Å². The number of hydrogen-bond donors (Lipinski definition) is 0. The first kappa shape index (κ1) is 65.7. The SMILES string of the molecule is Brc1ccc2c(c1)B1c3ccccc3N(c3ccccc3)c3cccc(c31)N2c1ccccc1.C.O=P(c1ccccc1)(c1ccc2c(c1)B1c3ccccc3N(c3ccccc3)c3cccc(c31)N2c1ccccc1)c1ccc2c(c1)B1c3ccccc3N(c3ccccc3)c3cccc(c31)N2c1ccccc1. The zero-order valence-electron chi connectivity index (χ0n) is 58.7. The van der Waals surface area contributed by atoms with E-state index in [0.717, 1.165) is 99.6 Å². The number of para-hydroxylation sites is 9. The average Bonchev–Trinajstić information content (AvgIpc) is 0.708. The van der Waals surface area contributed by atoms with E-state index >= 15 is 4.57 Å². The Balaban J connectivity index is 0.000000186. The van der Waals surface area contributed by atoms with Crippen molar-refractivity contribution < 1.29 is 4.57 Å². The lowest BCUT2D eigenvalue weighted by molar-refractivity contribution is 0.592. The van der Waals surface area contributed by atoms with Crippen molar-refractivity contribution in [2.45, 2.75) is 7.43 Å². The first-order valence-electron chi connectivity index (χ1n) is 37.0. The van der Waals surface area contributed by atoms with Crippen LogP contribution in [0.25, 0.3) is 0 Å². The summed E-state index contributed by atoms with van der Waals surface area (Å²) < 4.78 is 18.6. The minimum absolute atomic E-state index is 0. The molecule has 6 aliphatic rings. The van der Waals surface area contributed by atoms with E-state index in [1.807, 2.05) is 18.2 Å². The van der Waals surface area contributed by atoms with E-state index in [1.165, 1.54) is 72.4 Å². The van der Waals surface area contributed by atoms with Crippen LogP contribution in [0.1, 0.15) is 7.43 Å². The maximum Gasteiger partial charge on any atom is 0.252 e. The van der Waals surface area contributed by atoms with Gasteiger partial charge in [0, 0.05) is 123 Å². The highest BCUT2D eigenvalue weighted by atomic mass is 79.9. The molecule has 0 unspecified atom stereocenters. The highest BCUT2D eigenvalue weighted by molar-refractivity contribution is 9.10. The van der Waals surface area contributed by atoms with Crippen molar-refractivity contribution in [3.63, 3.8) is 0 Å². The van der Waals surface area contributed by atoms with Crippen molar-refractivity contribution in [1.29, 1.82) is 0 Å². The van der Waals surface area contributed by atoms with E-state index in [9.17, 15) is 0 Å². The predicted octanol–water partition coefficient (Wildman–Crippen LogP) is 18.7. The Morgan fingerprint density at radius 3 is 0.706 bits per heavy atom. The third-order valence-corrected chi connectivity index (χ3v) is 26.1. The lowest BCUT2D eigenvalue weighted by Crippen LogP contribution is -2.62. The molecule has 0 saturated carbocycles. The largest absolute Gasteiger partial charge is 0.311 e. The summed E-state index contributed by atoms with van der Waals surface area (Å²) in [5.41, 5.74) is 31.7. The molecule has 0 amide bonds. The first-order valence-corrected chi connectivity index (χ1v) is 39.5. The molecule has 514 valence electrons. The molecule has 7 nitrogen and oxygen atoms in total. The molecule has 16 aromatic rings. The molecule has 6 aliphatic heterocycles. The topological polar surface area (TPSA) is 36.5 Å². The van der Waals surface area contributed by atoms with Gasteiger partial charge < -0.3 is 34.0 Å². The van der Waals surface area contributed by atoms with Gasteiger partial charge in [0.2, 0.25) is 0 Å². The molecule has 0 atom stereocenters. The van der Waals surface area contributed by atoms with Crippen molar-refractivity contribution in [1.82, 2.24) is 0 Å². The summed E-state index contributed by atoms with van der Waals surface area (Å²) in [6.07, 6.45) is 0. The zero-order valence-corrected chi connectivity index (χ0v) is 61.2. The standard InChI is InChI=1S/C66H45B2N4OP.C30H20BBrN2.CH4/c73-74(50-30-14-5-15-31-50,51-40-42-59-55(44-51)67-53-32-16-18-34-57(53)69(46-22-6-1-7-23-46)61-36-20-38-63(65(61)67)71(59)48-26-10-3-11-27-48)52-41-43-60-56(45-52)68-54-33-17-19-35-58(54)70(47-24-8-2-9-25-47)62-37-21-39-64(66(62)68)72(60)49-28-12-4-13-29-49;32-21-18-19-27-25(20-21)31-24-14-7-8-15-26(24)33(22-10-3-1-4-11-22)28-16-9-17-29(30(28)31)34(27)23-12-5-2-6-13-23;/h1-45H;1-20H;1H4. The van der Waals surface area contributed by atoms with E-state index in [0.29, 0.717) is 0 Å². The summed E-state index contributed by atoms with van der Waals surface area (Å²) in [7, 11) is -3.63. The van der Waals surface area contributed by atoms with Crippen molar-refractivity contribution in [3.05, 3.63) is 399 Å². The fraction of sp³-hybridized carbons (Fsp3) is 0.0103. The van der Waals surface area contributed by atoms with E-state index in [1.54, 1.807) is 0 Å². The summed E-state index contributed by atoms with van der Waals surface area (Å²) >= 11 is 3.76. The number of hydrogen-bond acceptors (Lipinski definition) is 7. The van der Waals surface area contributed by atoms with Crippen LogP contribution in [-0.2, 0) is 4.57 Å². The fourth-order valence-corrected chi connectivity index (χ4v) is 21.3. The second-order valence-corrected chi connectivity index (χ2v) is 31.9. The Hall–Kier alpha value is -12.8. The minimum atomic E-state index is -3.63. The molecule has 16 aromatic carbocycles. The third kappa shape index (κ3) is 10.3. The van der Waals surface area contributed by atoms with E-state index in [4.69, 9.17) is 0 Å². The average molecular weight is 1480 g/mol. The normalized spacial score (nSPS) is 13.3. The van der Waals surface area contributed by atoms with Gasteiger partial charge in [0.25, 0.3) is 20.1 Å². The van der Waals surface area contributed by atoms with Crippen LogP contribution in [0.5, 0.6) is 0 Å². The maximum atomic E-state index is 17.5. The van der Waals surface area contributed by atoms with E-state index in [-0.39, 0.29) is 27.6 Å². The minimum Gasteiger partial charge on any atom is -0.311 e. The van der Waals surface area contributed by atoms with Crippen LogP contribution >= 0.6 is 23.1 Å². The molecule has 0 aromatic heterocycles. The van der Waals surface area contributed by atoms with Crippen molar-refractivity contribution in [2.75, 3.05) is 29.4 Å². The van der Waals surface area contributed by atoms with Gasteiger partial charge in [0.15, 0.2) is 7.14 Å². The Bertz CT molecular complexity index is 5980. The highest BCUT2D eigenvalue weighted by Gasteiger charge is 2.48. The molecule has 0 aliphatic carbocycles. The number of anilines is 18. The van der Waals surface area contributed by atoms with Crippen LogP contribution in [0.15, 0.2) is 399 Å². The van der Waals surface area contributed by atoms with Crippen molar-refractivity contribution in [2.24, 2.45) is 0 Å². The van der Waals surface area contributed by atoms with Gasteiger partial charge in [-0.15, -0.1) is 0 Å². The molecule has 109 heavy (non-hydrogen) atoms. The number of fused-ring (bicyclic) bond motifs is 12. The van der Waals surface area contributed by atoms with Gasteiger partial charge >= 0.3 is 0 Å². The van der Waals surface area contributed by atoms with Crippen LogP contribution in [-0.4, -0.2) is 20.1 Å². The molecule has 0 N–H and O–H groups in total. The van der Waals surface area contributed by atoms with E-state index in [2.05, 4.69) is 421 Å². The molecular formula is C97H69B3BrN6OP. The number of rotatable bonds is 9. The summed E-state index contributed by atoms with van der Waals surface area (Å²) in [5, 5.41) is 2.40. The van der Waals surface area contributed by atoms with Crippen LogP contribution < -0.4 is 94.5 Å². The quantitative estimate of drug-likeness (QED) is 0.105. The molecule has 0 radical (unpaired) electrons. The third-order valence-electron chi connectivity index (χ3n) is 22.6. The second-order valence-electron chi connectivity index (χ2n) is 28.3. The van der Waals surface area contributed by atoms with Crippen LogP contribution in [0.2, 0.25) is 0 Å². The van der Waals surface area contributed by atoms with Crippen LogP contribution in [0.3, 0.4) is 0 Å². The molecule has 12 heteroatoms. The smallest absolute Gasteiger partial charge is 0.252 e. The van der Waals surface area contributed by atoms with Crippen LogP contribution in [0.4, 0.5) is 102 Å². The lowest BCUT2D eigenvalue weighted by atomic mass is 9.33. The van der Waals surface area contributed by atoms with Gasteiger partial charge in [0.1, 0.15) is 0 Å². The molecule has 6 heterocycles. The molecular weight excluding hydrogens is 1410 g/mol. The van der Waals surface area contributed by atoms with Gasteiger partial charge in [-0.3, -0.25) is 0 Å². The maximum absolute atomic E-state index is 17.5. The first-order chi connectivity index (χ1) is 53.5. The van der Waals surface area contributed by atoms with Crippen LogP contribution in [0, 0.1) is 0 Å². The monoisotopic (exact) mass is 1480 g/mol. The van der Waals surface area contributed by atoms with Gasteiger partial charge in [-0.05, 0) is 213 Å². The lowest BCUT2D eigenvalue weighted by Gasteiger charge is -2.44. The molecule has 22 rings (SSSR count). The summed E-state index contributed by atoms with van der Waals surface area (Å²) in [5.74, 6) is 0. The summed E-state index contributed by atoms with van der Waals surface area (Å²) in [6, 6.07) is 141. The van der Waals surface area contributed by atoms with Crippen molar-refractivity contribution >= 4 is 211 Å². The van der Waals surface area contributed by atoms with Gasteiger partial charge in [0.05, 0.1) is 0 Å². The molecule has 0 bridgehead atoms. The Labute approximate surface area is 646 Å². The molecule has 0 saturated heterocycles. The summed E-state index contributed by atoms with van der Waals surface area (Å²) in [4.78, 5) is 14.5. The Kier molecular flexibility index (Phi) is 16.0. The molecule has 0 fully saturated rings. The number of benzene rings is 16. The summed E-state index contributed by atoms with van der Waals surface area (Å²) in [6.45, 7) is -0.115.